The van der Waals surface area contributed by atoms with Gasteiger partial charge >= 0.3 is 5.97 Å². The van der Waals surface area contributed by atoms with Crippen molar-refractivity contribution < 1.29 is 13.9 Å². The van der Waals surface area contributed by atoms with Crippen molar-refractivity contribution in [2.75, 3.05) is 7.05 Å². The molecular formula is C10H15NO3. The number of ether oxygens (including phenoxy) is 1. The van der Waals surface area contributed by atoms with Crippen molar-refractivity contribution in [3.05, 3.63) is 23.7 Å². The lowest BCUT2D eigenvalue weighted by molar-refractivity contribution is -0.142. The summed E-state index contributed by atoms with van der Waals surface area (Å²) in [5, 5.41) is 3.06. The van der Waals surface area contributed by atoms with E-state index >= 15 is 0 Å². The minimum absolute atomic E-state index is 0.168. The first kappa shape index (κ1) is 10.8. The lowest BCUT2D eigenvalue weighted by atomic mass is 10.3. The number of esters is 1. The molecule has 1 aromatic heterocycles. The van der Waals surface area contributed by atoms with Gasteiger partial charge in [-0.25, -0.2) is 0 Å². The maximum Gasteiger partial charge on any atom is 0.303 e. The first-order valence-electron chi connectivity index (χ1n) is 4.52. The Morgan fingerprint density at radius 3 is 2.93 bits per heavy atom. The third-order valence-corrected chi connectivity index (χ3v) is 1.96. The van der Waals surface area contributed by atoms with Gasteiger partial charge in [0, 0.05) is 6.92 Å². The zero-order chi connectivity index (χ0) is 10.6. The molecule has 1 rings (SSSR count). The highest BCUT2D eigenvalue weighted by Gasteiger charge is 2.08. The van der Waals surface area contributed by atoms with Gasteiger partial charge in [-0.2, -0.15) is 0 Å². The molecule has 78 valence electrons. The molecule has 0 amide bonds. The average molecular weight is 197 g/mol. The molecule has 0 aliphatic rings. The standard InChI is InChI=1S/C10H15NO3/c1-7(11-3)10-5-4-9(14-10)6-13-8(2)12/h4-5,7,11H,6H2,1-3H3/t7-/m1/s1. The highest BCUT2D eigenvalue weighted by atomic mass is 16.5. The molecule has 1 heterocycles. The minimum Gasteiger partial charge on any atom is -0.461 e. The van der Waals surface area contributed by atoms with Gasteiger partial charge in [0.15, 0.2) is 0 Å². The molecule has 1 atom stereocenters. The number of rotatable bonds is 4. The van der Waals surface area contributed by atoms with Crippen LogP contribution >= 0.6 is 0 Å². The Morgan fingerprint density at radius 2 is 2.36 bits per heavy atom. The van der Waals surface area contributed by atoms with E-state index in [0.29, 0.717) is 5.76 Å². The monoisotopic (exact) mass is 197 g/mol. The molecule has 0 unspecified atom stereocenters. The average Bonchev–Trinajstić information content (AvgIpc) is 2.62. The maximum absolute atomic E-state index is 10.5. The molecule has 4 nitrogen and oxygen atoms in total. The highest BCUT2D eigenvalue weighted by molar-refractivity contribution is 5.65. The molecular weight excluding hydrogens is 182 g/mol. The van der Waals surface area contributed by atoms with E-state index in [4.69, 9.17) is 9.15 Å². The predicted molar refractivity (Wildman–Crippen MR) is 51.7 cm³/mol. The van der Waals surface area contributed by atoms with Gasteiger partial charge in [-0.3, -0.25) is 4.79 Å². The number of furan rings is 1. The number of carbonyl (C=O) groups is 1. The second-order valence-electron chi connectivity index (χ2n) is 3.09. The van der Waals surface area contributed by atoms with Crippen LogP contribution in [0.1, 0.15) is 31.4 Å². The van der Waals surface area contributed by atoms with Gasteiger partial charge in [-0.15, -0.1) is 0 Å². The summed E-state index contributed by atoms with van der Waals surface area (Å²) in [4.78, 5) is 10.5. The first-order valence-corrected chi connectivity index (χ1v) is 4.52. The van der Waals surface area contributed by atoms with Crippen LogP contribution in [0.3, 0.4) is 0 Å². The Kier molecular flexibility index (Phi) is 3.71. The van der Waals surface area contributed by atoms with Crippen molar-refractivity contribution in [3.8, 4) is 0 Å². The molecule has 0 saturated carbocycles. The van der Waals surface area contributed by atoms with Gasteiger partial charge < -0.3 is 14.5 Å². The quantitative estimate of drug-likeness (QED) is 0.745. The molecule has 0 radical (unpaired) electrons. The van der Waals surface area contributed by atoms with Crippen LogP contribution in [-0.2, 0) is 16.1 Å². The fourth-order valence-electron chi connectivity index (χ4n) is 1.02. The molecule has 1 aromatic rings. The summed E-state index contributed by atoms with van der Waals surface area (Å²) >= 11 is 0. The van der Waals surface area contributed by atoms with Crippen molar-refractivity contribution in [1.29, 1.82) is 0 Å². The van der Waals surface area contributed by atoms with Crippen LogP contribution in [0.2, 0.25) is 0 Å². The van der Waals surface area contributed by atoms with Crippen molar-refractivity contribution in [2.45, 2.75) is 26.5 Å². The zero-order valence-electron chi connectivity index (χ0n) is 8.66. The van der Waals surface area contributed by atoms with Gasteiger partial charge in [0.25, 0.3) is 0 Å². The smallest absolute Gasteiger partial charge is 0.303 e. The van der Waals surface area contributed by atoms with Crippen molar-refractivity contribution in [2.24, 2.45) is 0 Å². The van der Waals surface area contributed by atoms with Crippen LogP contribution in [0.4, 0.5) is 0 Å². The van der Waals surface area contributed by atoms with E-state index in [1.807, 2.05) is 26.1 Å². The van der Waals surface area contributed by atoms with Crippen LogP contribution in [0.5, 0.6) is 0 Å². The maximum atomic E-state index is 10.5. The van der Waals surface area contributed by atoms with Gasteiger partial charge in [-0.1, -0.05) is 0 Å². The van der Waals surface area contributed by atoms with Crippen LogP contribution in [0.25, 0.3) is 0 Å². The lowest BCUT2D eigenvalue weighted by Crippen LogP contribution is -2.11. The molecule has 14 heavy (non-hydrogen) atoms. The predicted octanol–water partition coefficient (Wildman–Crippen LogP) is 1.62. The van der Waals surface area contributed by atoms with E-state index in [1.54, 1.807) is 0 Å². The Bertz CT molecular complexity index is 306. The van der Waals surface area contributed by atoms with E-state index in [2.05, 4.69) is 5.32 Å². The molecule has 0 aliphatic heterocycles. The normalized spacial score (nSPS) is 12.5. The molecule has 0 spiro atoms. The number of carbonyl (C=O) groups excluding carboxylic acids is 1. The van der Waals surface area contributed by atoms with E-state index in [1.165, 1.54) is 6.92 Å². The largest absolute Gasteiger partial charge is 0.461 e. The van der Waals surface area contributed by atoms with E-state index < -0.39 is 0 Å². The second kappa shape index (κ2) is 4.81. The summed E-state index contributed by atoms with van der Waals surface area (Å²) < 4.78 is 10.2. The van der Waals surface area contributed by atoms with Crippen molar-refractivity contribution >= 4 is 5.97 Å². The second-order valence-corrected chi connectivity index (χ2v) is 3.09. The summed E-state index contributed by atoms with van der Waals surface area (Å²) in [6.45, 7) is 3.57. The molecule has 0 bridgehead atoms. The molecule has 0 saturated heterocycles. The topological polar surface area (TPSA) is 51.5 Å². The Labute approximate surface area is 83.2 Å². The van der Waals surface area contributed by atoms with E-state index in [0.717, 1.165) is 5.76 Å². The lowest BCUT2D eigenvalue weighted by Gasteiger charge is -2.05. The molecule has 4 heteroatoms. The van der Waals surface area contributed by atoms with Crippen molar-refractivity contribution in [3.63, 3.8) is 0 Å². The summed E-state index contributed by atoms with van der Waals surface area (Å²) in [6, 6.07) is 3.85. The first-order chi connectivity index (χ1) is 6.63. The summed E-state index contributed by atoms with van der Waals surface area (Å²) in [6.07, 6.45) is 0. The molecule has 0 aliphatic carbocycles. The zero-order valence-corrected chi connectivity index (χ0v) is 8.66. The molecule has 0 fully saturated rings. The van der Waals surface area contributed by atoms with E-state index in [9.17, 15) is 4.79 Å². The third kappa shape index (κ3) is 2.88. The third-order valence-electron chi connectivity index (χ3n) is 1.96. The van der Waals surface area contributed by atoms with Crippen LogP contribution in [0.15, 0.2) is 16.5 Å². The molecule has 0 aromatic carbocycles. The van der Waals surface area contributed by atoms with Crippen LogP contribution < -0.4 is 5.32 Å². The van der Waals surface area contributed by atoms with E-state index in [-0.39, 0.29) is 18.6 Å². The van der Waals surface area contributed by atoms with Crippen molar-refractivity contribution in [1.82, 2.24) is 5.32 Å². The summed E-state index contributed by atoms with van der Waals surface area (Å²) in [7, 11) is 1.86. The van der Waals surface area contributed by atoms with Gasteiger partial charge in [0.1, 0.15) is 18.1 Å². The Morgan fingerprint density at radius 1 is 1.64 bits per heavy atom. The minimum atomic E-state index is -0.301. The number of nitrogens with one attached hydrogen (secondary N) is 1. The van der Waals surface area contributed by atoms with Gasteiger partial charge in [-0.05, 0) is 26.1 Å². The fraction of sp³-hybridized carbons (Fsp3) is 0.500. The summed E-state index contributed by atoms with van der Waals surface area (Å²) in [5.74, 6) is 1.21. The Hall–Kier alpha value is -1.29. The van der Waals surface area contributed by atoms with Crippen LogP contribution in [-0.4, -0.2) is 13.0 Å². The number of hydrogen-bond donors (Lipinski definition) is 1. The SMILES string of the molecule is CN[C@H](C)c1ccc(COC(C)=O)o1. The highest BCUT2D eigenvalue weighted by Crippen LogP contribution is 2.16. The van der Waals surface area contributed by atoms with Gasteiger partial charge in [0.2, 0.25) is 0 Å². The molecule has 1 N–H and O–H groups in total. The number of hydrogen-bond acceptors (Lipinski definition) is 4. The fourth-order valence-corrected chi connectivity index (χ4v) is 1.02. The Balaban J connectivity index is 2.54. The summed E-state index contributed by atoms with van der Waals surface area (Å²) in [5.41, 5.74) is 0. The van der Waals surface area contributed by atoms with Gasteiger partial charge in [0.05, 0.1) is 6.04 Å². The van der Waals surface area contributed by atoms with Crippen LogP contribution in [0, 0.1) is 0 Å².